The summed E-state index contributed by atoms with van der Waals surface area (Å²) in [5.74, 6) is -1.61. The summed E-state index contributed by atoms with van der Waals surface area (Å²) < 4.78 is 0. The smallest absolute Gasteiger partial charge is 0.329 e. The Morgan fingerprint density at radius 2 is 1.23 bits per heavy atom. The summed E-state index contributed by atoms with van der Waals surface area (Å²) in [6, 6.07) is 24.8. The van der Waals surface area contributed by atoms with Gasteiger partial charge in [0.15, 0.2) is 6.04 Å². The first-order valence-electron chi connectivity index (χ1n) is 11.6. The van der Waals surface area contributed by atoms with E-state index in [2.05, 4.69) is 0 Å². The molecule has 0 spiro atoms. The molecule has 3 atom stereocenters. The molecule has 3 aromatic rings. The number of carboxylic acid groups (broad SMARTS) is 1. The third-order valence-electron chi connectivity index (χ3n) is 6.57. The van der Waals surface area contributed by atoms with Gasteiger partial charge in [-0.05, 0) is 23.6 Å². The van der Waals surface area contributed by atoms with Crippen LogP contribution < -0.4 is 0 Å². The zero-order valence-corrected chi connectivity index (χ0v) is 19.8. The van der Waals surface area contributed by atoms with Crippen LogP contribution >= 0.6 is 0 Å². The highest BCUT2D eigenvalue weighted by molar-refractivity contribution is 5.98. The van der Waals surface area contributed by atoms with Crippen LogP contribution in [0.2, 0.25) is 0 Å². The fraction of sp³-hybridized carbons (Fsp3) is 0.250. The van der Waals surface area contributed by atoms with Crippen LogP contribution in [0.15, 0.2) is 91.0 Å². The van der Waals surface area contributed by atoms with E-state index in [1.807, 2.05) is 97.9 Å². The number of rotatable bonds is 8. The number of hydrogen-bond acceptors (Lipinski definition) is 3. The molecule has 0 saturated carbocycles. The van der Waals surface area contributed by atoms with Crippen molar-refractivity contribution in [3.63, 3.8) is 0 Å². The summed E-state index contributed by atoms with van der Waals surface area (Å²) in [4.78, 5) is 44.2. The van der Waals surface area contributed by atoms with E-state index in [1.165, 1.54) is 14.7 Å². The van der Waals surface area contributed by atoms with Crippen LogP contribution in [0, 0.1) is 0 Å². The molecule has 1 heterocycles. The zero-order chi connectivity index (χ0) is 24.9. The quantitative estimate of drug-likeness (QED) is 0.535. The van der Waals surface area contributed by atoms with Gasteiger partial charge in [0.1, 0.15) is 6.04 Å². The average molecular weight is 472 g/mol. The summed E-state index contributed by atoms with van der Waals surface area (Å²) in [5.41, 5.74) is 2.55. The van der Waals surface area contributed by atoms with Gasteiger partial charge in [-0.1, -0.05) is 91.0 Å². The Morgan fingerprint density at radius 1 is 0.800 bits per heavy atom. The summed E-state index contributed by atoms with van der Waals surface area (Å²) >= 11 is 0. The van der Waals surface area contributed by atoms with Crippen LogP contribution in [0.3, 0.4) is 0 Å². The molecule has 0 radical (unpaired) electrons. The van der Waals surface area contributed by atoms with Crippen LogP contribution in [0.4, 0.5) is 4.79 Å². The molecule has 0 aliphatic carbocycles. The van der Waals surface area contributed by atoms with Crippen molar-refractivity contribution in [2.45, 2.75) is 38.1 Å². The molecule has 1 N–H and O–H groups in total. The fourth-order valence-electron chi connectivity index (χ4n) is 4.53. The van der Waals surface area contributed by atoms with Crippen LogP contribution in [-0.4, -0.2) is 56.8 Å². The maximum absolute atomic E-state index is 13.9. The Labute approximate surface area is 205 Å². The van der Waals surface area contributed by atoms with Crippen molar-refractivity contribution in [1.82, 2.24) is 14.7 Å². The van der Waals surface area contributed by atoms with Gasteiger partial charge in [-0.3, -0.25) is 4.79 Å². The van der Waals surface area contributed by atoms with Gasteiger partial charge in [0.2, 0.25) is 5.91 Å². The van der Waals surface area contributed by atoms with Gasteiger partial charge < -0.3 is 19.8 Å². The number of carboxylic acids is 1. The molecule has 1 saturated heterocycles. The molecule has 1 aliphatic heterocycles. The molecular weight excluding hydrogens is 442 g/mol. The minimum Gasteiger partial charge on any atom is -0.480 e. The topological polar surface area (TPSA) is 81.2 Å². The van der Waals surface area contributed by atoms with E-state index in [-0.39, 0.29) is 19.1 Å². The number of benzene rings is 3. The fourth-order valence-corrected chi connectivity index (χ4v) is 4.53. The normalized spacial score (nSPS) is 18.4. The van der Waals surface area contributed by atoms with Gasteiger partial charge >= 0.3 is 12.0 Å². The first-order valence-corrected chi connectivity index (χ1v) is 11.6. The Hall–Kier alpha value is -4.13. The maximum atomic E-state index is 13.9. The number of carbonyl (C=O) groups excluding carboxylic acids is 2. The van der Waals surface area contributed by atoms with E-state index in [0.717, 1.165) is 16.7 Å². The Bertz CT molecular complexity index is 1170. The summed E-state index contributed by atoms with van der Waals surface area (Å²) in [6.07, 6.45) is 0. The van der Waals surface area contributed by atoms with E-state index in [0.29, 0.717) is 0 Å². The molecule has 1 fully saturated rings. The van der Waals surface area contributed by atoms with Crippen molar-refractivity contribution in [2.75, 3.05) is 7.05 Å². The highest BCUT2D eigenvalue weighted by atomic mass is 16.4. The number of hydrogen-bond donors (Lipinski definition) is 1. The lowest BCUT2D eigenvalue weighted by Crippen LogP contribution is -2.52. The predicted molar refractivity (Wildman–Crippen MR) is 132 cm³/mol. The molecule has 0 aromatic heterocycles. The number of carbonyl (C=O) groups is 3. The molecule has 1 aliphatic rings. The predicted octanol–water partition coefficient (Wildman–Crippen LogP) is 4.17. The molecule has 0 unspecified atom stereocenters. The molecule has 3 aromatic carbocycles. The maximum Gasteiger partial charge on any atom is 0.329 e. The lowest BCUT2D eigenvalue weighted by atomic mass is 10.0. The van der Waals surface area contributed by atoms with E-state index < -0.39 is 30.0 Å². The summed E-state index contributed by atoms with van der Waals surface area (Å²) in [7, 11) is 1.66. The van der Waals surface area contributed by atoms with Crippen molar-refractivity contribution >= 4 is 17.9 Å². The number of urea groups is 1. The van der Waals surface area contributed by atoms with Gasteiger partial charge in [0, 0.05) is 20.1 Å². The van der Waals surface area contributed by atoms with Crippen molar-refractivity contribution in [3.05, 3.63) is 108 Å². The largest absolute Gasteiger partial charge is 0.480 e. The second kappa shape index (κ2) is 10.4. The number of amides is 3. The molecule has 0 bridgehead atoms. The summed E-state index contributed by atoms with van der Waals surface area (Å²) in [5, 5.41) is 10.2. The monoisotopic (exact) mass is 471 g/mol. The highest BCUT2D eigenvalue weighted by Crippen LogP contribution is 2.31. The minimum absolute atomic E-state index is 0.101. The van der Waals surface area contributed by atoms with E-state index in [1.54, 1.807) is 7.05 Å². The van der Waals surface area contributed by atoms with Crippen molar-refractivity contribution in [2.24, 2.45) is 0 Å². The standard InChI is InChI=1S/C28H29N3O4/c1-20(23-16-10-5-11-17-23)29(2)26(32)24-25(27(33)34)31(19-22-14-8-4-9-15-22)28(35)30(24)18-21-12-6-3-7-13-21/h3-17,20,24-25H,18-19H2,1-2H3,(H,33,34)/t20-,24+,25-/m0/s1. The van der Waals surface area contributed by atoms with E-state index in [9.17, 15) is 19.5 Å². The van der Waals surface area contributed by atoms with Gasteiger partial charge in [0.25, 0.3) is 0 Å². The first kappa shape index (κ1) is 24.0. The van der Waals surface area contributed by atoms with Crippen LogP contribution in [0.1, 0.15) is 29.7 Å². The van der Waals surface area contributed by atoms with E-state index >= 15 is 0 Å². The van der Waals surface area contributed by atoms with Crippen LogP contribution in [0.25, 0.3) is 0 Å². The Balaban J connectivity index is 1.71. The number of nitrogens with zero attached hydrogens (tertiary/aromatic N) is 3. The third kappa shape index (κ3) is 5.04. The summed E-state index contributed by atoms with van der Waals surface area (Å²) in [6.45, 7) is 2.13. The third-order valence-corrected chi connectivity index (χ3v) is 6.57. The van der Waals surface area contributed by atoms with E-state index in [4.69, 9.17) is 0 Å². The van der Waals surface area contributed by atoms with Crippen molar-refractivity contribution in [3.8, 4) is 0 Å². The lowest BCUT2D eigenvalue weighted by Gasteiger charge is -2.32. The first-order chi connectivity index (χ1) is 16.9. The molecule has 7 nitrogen and oxygen atoms in total. The second-order valence-electron chi connectivity index (χ2n) is 8.77. The van der Waals surface area contributed by atoms with Crippen molar-refractivity contribution < 1.29 is 19.5 Å². The molecule has 3 amide bonds. The molecule has 35 heavy (non-hydrogen) atoms. The number of likely N-dealkylation sites (N-methyl/N-ethyl adjacent to an activating group) is 1. The zero-order valence-electron chi connectivity index (χ0n) is 19.8. The molecule has 180 valence electrons. The lowest BCUT2D eigenvalue weighted by molar-refractivity contribution is -0.148. The van der Waals surface area contributed by atoms with Crippen LogP contribution in [0.5, 0.6) is 0 Å². The number of aliphatic carboxylic acids is 1. The SMILES string of the molecule is C[C@@H](c1ccccc1)N(C)C(=O)[C@H]1[C@@H](C(=O)O)N(Cc2ccccc2)C(=O)N1Cc1ccccc1. The molecular formula is C28H29N3O4. The van der Waals surface area contributed by atoms with Gasteiger partial charge in [-0.25, -0.2) is 9.59 Å². The molecule has 7 heteroatoms. The van der Waals surface area contributed by atoms with Crippen LogP contribution in [-0.2, 0) is 22.7 Å². The van der Waals surface area contributed by atoms with Crippen molar-refractivity contribution in [1.29, 1.82) is 0 Å². The van der Waals surface area contributed by atoms with Gasteiger partial charge in [-0.15, -0.1) is 0 Å². The second-order valence-corrected chi connectivity index (χ2v) is 8.77. The highest BCUT2D eigenvalue weighted by Gasteiger charge is 2.54. The van der Waals surface area contributed by atoms with Gasteiger partial charge in [0.05, 0.1) is 6.04 Å². The molecule has 4 rings (SSSR count). The Morgan fingerprint density at radius 3 is 1.69 bits per heavy atom. The van der Waals surface area contributed by atoms with Gasteiger partial charge in [-0.2, -0.15) is 0 Å². The average Bonchev–Trinajstić information content (AvgIpc) is 3.15. The Kier molecular flexibility index (Phi) is 7.15. The minimum atomic E-state index is -1.32.